The van der Waals surface area contributed by atoms with Crippen LogP contribution in [0.4, 0.5) is 5.69 Å². The molecule has 1 N–H and O–H groups in total. The van der Waals surface area contributed by atoms with Crippen LogP contribution in [0.1, 0.15) is 43.1 Å². The zero-order valence-corrected chi connectivity index (χ0v) is 21.8. The summed E-state index contributed by atoms with van der Waals surface area (Å²) in [6.45, 7) is 6.26. The van der Waals surface area contributed by atoms with Gasteiger partial charge in [0.15, 0.2) is 17.6 Å². The molecular weight excluding hydrogens is 506 g/mol. The van der Waals surface area contributed by atoms with Crippen LogP contribution in [0.2, 0.25) is 0 Å². The lowest BCUT2D eigenvalue weighted by Gasteiger charge is -2.13. The first-order valence-electron chi connectivity index (χ1n) is 12.3. The number of hydrogen-bond donors (Lipinski definition) is 1. The van der Waals surface area contributed by atoms with Crippen LogP contribution < -0.4 is 24.4 Å². The van der Waals surface area contributed by atoms with Crippen LogP contribution in [-0.2, 0) is 4.79 Å². The van der Waals surface area contributed by atoms with Gasteiger partial charge < -0.3 is 18.9 Å². The third-order valence-electron chi connectivity index (χ3n) is 5.15. The first-order chi connectivity index (χ1) is 18.8. The lowest BCUT2D eigenvalue weighted by molar-refractivity contribution is -0.384. The highest BCUT2D eigenvalue weighted by Crippen LogP contribution is 2.29. The summed E-state index contributed by atoms with van der Waals surface area (Å²) in [5.74, 6) is 0.476. The third kappa shape index (κ3) is 8.56. The lowest BCUT2D eigenvalue weighted by atomic mass is 10.2. The SMILES string of the molecule is CCCOc1ccc(C(=O)Oc2ccc(/C=N/NC(=O)C(C)Oc3ccc([N+](=O)[O-])cc3)cc2OCC)cc1. The monoisotopic (exact) mass is 535 g/mol. The maximum atomic E-state index is 12.6. The Kier molecular flexibility index (Phi) is 10.4. The van der Waals surface area contributed by atoms with Crippen molar-refractivity contribution in [3.8, 4) is 23.0 Å². The summed E-state index contributed by atoms with van der Waals surface area (Å²) in [5, 5.41) is 14.7. The largest absolute Gasteiger partial charge is 0.494 e. The Labute approximate surface area is 225 Å². The van der Waals surface area contributed by atoms with E-state index in [0.29, 0.717) is 41.6 Å². The zero-order chi connectivity index (χ0) is 28.2. The Bertz CT molecular complexity index is 1310. The van der Waals surface area contributed by atoms with Gasteiger partial charge >= 0.3 is 5.97 Å². The molecule has 3 rings (SSSR count). The number of amides is 1. The van der Waals surface area contributed by atoms with E-state index in [0.717, 1.165) is 6.42 Å². The lowest BCUT2D eigenvalue weighted by Crippen LogP contribution is -2.33. The van der Waals surface area contributed by atoms with Crippen LogP contribution >= 0.6 is 0 Å². The number of nitro benzene ring substituents is 1. The molecule has 0 bridgehead atoms. The average molecular weight is 536 g/mol. The Balaban J connectivity index is 1.59. The van der Waals surface area contributed by atoms with Crippen LogP contribution in [0.3, 0.4) is 0 Å². The summed E-state index contributed by atoms with van der Waals surface area (Å²) in [5.41, 5.74) is 3.24. The van der Waals surface area contributed by atoms with E-state index in [-0.39, 0.29) is 11.4 Å². The number of hydrogen-bond acceptors (Lipinski definition) is 9. The van der Waals surface area contributed by atoms with Gasteiger partial charge in [0.05, 0.1) is 29.9 Å². The van der Waals surface area contributed by atoms with Gasteiger partial charge in [-0.15, -0.1) is 0 Å². The van der Waals surface area contributed by atoms with E-state index in [4.69, 9.17) is 18.9 Å². The zero-order valence-electron chi connectivity index (χ0n) is 21.8. The molecule has 0 spiro atoms. The minimum Gasteiger partial charge on any atom is -0.494 e. The number of rotatable bonds is 13. The maximum absolute atomic E-state index is 12.6. The fraction of sp³-hybridized carbons (Fsp3) is 0.250. The normalized spacial score (nSPS) is 11.5. The number of carbonyl (C=O) groups excluding carboxylic acids is 2. The van der Waals surface area contributed by atoms with E-state index in [1.54, 1.807) is 49.4 Å². The van der Waals surface area contributed by atoms with Gasteiger partial charge in [-0.25, -0.2) is 10.2 Å². The molecule has 0 saturated carbocycles. The molecule has 0 aliphatic rings. The van der Waals surface area contributed by atoms with E-state index in [1.165, 1.54) is 37.4 Å². The average Bonchev–Trinajstić information content (AvgIpc) is 2.93. The number of non-ortho nitro benzene ring substituents is 1. The molecule has 1 amide bonds. The van der Waals surface area contributed by atoms with Crippen molar-refractivity contribution in [3.63, 3.8) is 0 Å². The highest BCUT2D eigenvalue weighted by molar-refractivity contribution is 5.92. The van der Waals surface area contributed by atoms with E-state index >= 15 is 0 Å². The van der Waals surface area contributed by atoms with Crippen molar-refractivity contribution in [1.29, 1.82) is 0 Å². The number of nitro groups is 1. The second-order valence-corrected chi connectivity index (χ2v) is 8.15. The molecule has 11 nitrogen and oxygen atoms in total. The minimum absolute atomic E-state index is 0.0807. The summed E-state index contributed by atoms with van der Waals surface area (Å²) in [7, 11) is 0. The number of ether oxygens (including phenoxy) is 4. The molecule has 0 aliphatic heterocycles. The molecule has 39 heavy (non-hydrogen) atoms. The molecule has 0 radical (unpaired) electrons. The van der Waals surface area contributed by atoms with Gasteiger partial charge in [0.25, 0.3) is 11.6 Å². The van der Waals surface area contributed by atoms with Crippen molar-refractivity contribution >= 4 is 23.8 Å². The molecule has 0 heterocycles. The summed E-state index contributed by atoms with van der Waals surface area (Å²) >= 11 is 0. The van der Waals surface area contributed by atoms with Crippen LogP contribution in [-0.4, -0.2) is 42.3 Å². The van der Waals surface area contributed by atoms with Crippen molar-refractivity contribution in [2.75, 3.05) is 13.2 Å². The molecule has 0 fully saturated rings. The third-order valence-corrected chi connectivity index (χ3v) is 5.15. The maximum Gasteiger partial charge on any atom is 0.343 e. The van der Waals surface area contributed by atoms with Crippen LogP contribution in [0.15, 0.2) is 71.8 Å². The predicted molar refractivity (Wildman–Crippen MR) is 144 cm³/mol. The molecule has 1 unspecified atom stereocenters. The highest BCUT2D eigenvalue weighted by Gasteiger charge is 2.16. The highest BCUT2D eigenvalue weighted by atomic mass is 16.6. The first-order valence-corrected chi connectivity index (χ1v) is 12.3. The topological polar surface area (TPSA) is 139 Å². The van der Waals surface area contributed by atoms with Crippen molar-refractivity contribution in [1.82, 2.24) is 5.43 Å². The molecule has 0 aliphatic carbocycles. The fourth-order valence-corrected chi connectivity index (χ4v) is 3.19. The van der Waals surface area contributed by atoms with Gasteiger partial charge in [-0.1, -0.05) is 6.92 Å². The summed E-state index contributed by atoms with van der Waals surface area (Å²) in [6, 6.07) is 16.9. The smallest absolute Gasteiger partial charge is 0.343 e. The molecular formula is C28H29N3O8. The Morgan fingerprint density at radius 1 is 0.974 bits per heavy atom. The second kappa shape index (κ2) is 14.1. The number of carbonyl (C=O) groups is 2. The summed E-state index contributed by atoms with van der Waals surface area (Å²) < 4.78 is 22.2. The number of nitrogens with zero attached hydrogens (tertiary/aromatic N) is 2. The quantitative estimate of drug-likeness (QED) is 0.107. The van der Waals surface area contributed by atoms with Crippen molar-refractivity contribution in [2.24, 2.45) is 5.10 Å². The van der Waals surface area contributed by atoms with E-state index in [1.807, 2.05) is 6.92 Å². The standard InChI is InChI=1S/C28H29N3O8/c1-4-16-37-23-11-7-21(8-12-23)28(33)39-25-15-6-20(17-26(25)36-5-2)18-29-30-27(32)19(3)38-24-13-9-22(10-14-24)31(34)35/h6-15,17-19H,4-5,16H2,1-3H3,(H,30,32)/b29-18+. The summed E-state index contributed by atoms with van der Waals surface area (Å²) in [4.78, 5) is 35.2. The van der Waals surface area contributed by atoms with Crippen molar-refractivity contribution in [2.45, 2.75) is 33.3 Å². The summed E-state index contributed by atoms with van der Waals surface area (Å²) in [6.07, 6.45) is 1.38. The Hall–Kier alpha value is -4.93. The van der Waals surface area contributed by atoms with Crippen molar-refractivity contribution in [3.05, 3.63) is 88.0 Å². The number of hydrazone groups is 1. The van der Waals surface area contributed by atoms with Crippen LogP contribution in [0.5, 0.6) is 23.0 Å². The number of esters is 1. The van der Waals surface area contributed by atoms with Gasteiger partial charge in [-0.2, -0.15) is 5.10 Å². The molecule has 11 heteroatoms. The molecule has 0 saturated heterocycles. The first kappa shape index (κ1) is 28.6. The second-order valence-electron chi connectivity index (χ2n) is 8.15. The van der Waals surface area contributed by atoms with Crippen molar-refractivity contribution < 1.29 is 33.5 Å². The van der Waals surface area contributed by atoms with E-state index in [9.17, 15) is 19.7 Å². The minimum atomic E-state index is -0.906. The van der Waals surface area contributed by atoms with Gasteiger partial charge in [0.1, 0.15) is 11.5 Å². The fourth-order valence-electron chi connectivity index (χ4n) is 3.19. The predicted octanol–water partition coefficient (Wildman–Crippen LogP) is 4.92. The van der Waals surface area contributed by atoms with E-state index in [2.05, 4.69) is 10.5 Å². The van der Waals surface area contributed by atoms with Crippen LogP contribution in [0, 0.1) is 10.1 Å². The van der Waals surface area contributed by atoms with Gasteiger partial charge in [-0.3, -0.25) is 14.9 Å². The number of benzene rings is 3. The Morgan fingerprint density at radius 3 is 2.31 bits per heavy atom. The van der Waals surface area contributed by atoms with Gasteiger partial charge in [0.2, 0.25) is 0 Å². The Morgan fingerprint density at radius 2 is 1.67 bits per heavy atom. The molecule has 0 aromatic heterocycles. The van der Waals surface area contributed by atoms with E-state index < -0.39 is 22.9 Å². The number of nitrogens with one attached hydrogen (secondary N) is 1. The molecule has 3 aromatic rings. The molecule has 3 aromatic carbocycles. The molecule has 1 atom stereocenters. The van der Waals surface area contributed by atoms with Gasteiger partial charge in [-0.05, 0) is 80.4 Å². The molecule has 204 valence electrons. The van der Waals surface area contributed by atoms with Gasteiger partial charge in [0, 0.05) is 12.1 Å². The van der Waals surface area contributed by atoms with Crippen LogP contribution in [0.25, 0.3) is 0 Å².